The van der Waals surface area contributed by atoms with Crippen LogP contribution in [0, 0.1) is 6.92 Å². The van der Waals surface area contributed by atoms with Crippen LogP contribution in [0.25, 0.3) is 0 Å². The van der Waals surface area contributed by atoms with E-state index < -0.39 is 16.0 Å². The number of aryl methyl sites for hydroxylation is 1. The number of hydrogen-bond donors (Lipinski definition) is 1. The second-order valence-corrected chi connectivity index (χ2v) is 7.94. The molecule has 0 atom stereocenters. The number of carboxylic acids is 1. The molecule has 138 valence electrons. The summed E-state index contributed by atoms with van der Waals surface area (Å²) in [6.45, 7) is 1.45. The predicted octanol–water partition coefficient (Wildman–Crippen LogP) is 1.45. The summed E-state index contributed by atoms with van der Waals surface area (Å²) in [6.07, 6.45) is 1.53. The first-order chi connectivity index (χ1) is 12.3. The number of benzene rings is 1. The number of carboxylic acid groups (broad SMARTS) is 1. The third-order valence-electron chi connectivity index (χ3n) is 4.06. The van der Waals surface area contributed by atoms with Crippen LogP contribution in [0.2, 0.25) is 0 Å². The standard InChI is InChI=1S/C17H19N3O5S/c1-12-7-15-17(18-8-12)19(10-16(21)22)11-20(26(15,23)24)9-13-3-5-14(25-2)6-4-13/h3-8H,9-11H2,1-2H3,(H,21,22). The normalized spacial score (nSPS) is 16.2. The van der Waals surface area contributed by atoms with E-state index in [0.29, 0.717) is 11.3 Å². The van der Waals surface area contributed by atoms with E-state index in [1.807, 2.05) is 0 Å². The lowest BCUT2D eigenvalue weighted by atomic mass is 10.2. The van der Waals surface area contributed by atoms with Crippen molar-refractivity contribution in [2.45, 2.75) is 18.4 Å². The van der Waals surface area contributed by atoms with E-state index in [-0.39, 0.29) is 30.5 Å². The minimum absolute atomic E-state index is 0.0264. The molecule has 1 aliphatic rings. The average Bonchev–Trinajstić information content (AvgIpc) is 2.59. The Bertz CT molecular complexity index is 928. The molecule has 0 spiro atoms. The van der Waals surface area contributed by atoms with E-state index in [9.17, 15) is 13.2 Å². The lowest BCUT2D eigenvalue weighted by Gasteiger charge is -2.36. The third kappa shape index (κ3) is 3.49. The Morgan fingerprint density at radius 3 is 2.62 bits per heavy atom. The molecule has 0 fully saturated rings. The van der Waals surface area contributed by atoms with Crippen molar-refractivity contribution in [1.82, 2.24) is 9.29 Å². The van der Waals surface area contributed by atoms with Crippen molar-refractivity contribution in [2.75, 3.05) is 25.2 Å². The second-order valence-electron chi connectivity index (χ2n) is 6.03. The Morgan fingerprint density at radius 1 is 1.31 bits per heavy atom. The van der Waals surface area contributed by atoms with Crippen LogP contribution in [-0.2, 0) is 21.4 Å². The molecule has 9 heteroatoms. The van der Waals surface area contributed by atoms with Gasteiger partial charge in [0.25, 0.3) is 0 Å². The molecule has 8 nitrogen and oxygen atoms in total. The zero-order valence-corrected chi connectivity index (χ0v) is 15.2. The van der Waals surface area contributed by atoms with Gasteiger partial charge in [0.1, 0.15) is 23.0 Å². The minimum Gasteiger partial charge on any atom is -0.497 e. The maximum absolute atomic E-state index is 13.0. The molecule has 0 saturated heterocycles. The fourth-order valence-corrected chi connectivity index (χ4v) is 4.43. The maximum atomic E-state index is 13.0. The number of aliphatic carboxylic acids is 1. The smallest absolute Gasteiger partial charge is 0.323 e. The number of methoxy groups -OCH3 is 1. The highest BCUT2D eigenvalue weighted by atomic mass is 32.2. The first kappa shape index (κ1) is 18.2. The van der Waals surface area contributed by atoms with Gasteiger partial charge in [-0.3, -0.25) is 4.79 Å². The van der Waals surface area contributed by atoms with Gasteiger partial charge in [0.2, 0.25) is 10.0 Å². The Morgan fingerprint density at radius 2 is 2.00 bits per heavy atom. The molecule has 2 heterocycles. The highest BCUT2D eigenvalue weighted by Gasteiger charge is 2.37. The first-order valence-corrected chi connectivity index (χ1v) is 9.32. The predicted molar refractivity (Wildman–Crippen MR) is 94.5 cm³/mol. The fourth-order valence-electron chi connectivity index (χ4n) is 2.79. The van der Waals surface area contributed by atoms with Gasteiger partial charge in [-0.15, -0.1) is 0 Å². The largest absolute Gasteiger partial charge is 0.497 e. The molecule has 0 bridgehead atoms. The van der Waals surface area contributed by atoms with Crippen LogP contribution in [-0.4, -0.2) is 49.1 Å². The molecule has 1 aliphatic heterocycles. The molecule has 0 amide bonds. The molecule has 0 unspecified atom stereocenters. The quantitative estimate of drug-likeness (QED) is 0.842. The van der Waals surface area contributed by atoms with Crippen molar-refractivity contribution >= 4 is 21.8 Å². The van der Waals surface area contributed by atoms with Crippen molar-refractivity contribution in [3.63, 3.8) is 0 Å². The van der Waals surface area contributed by atoms with E-state index >= 15 is 0 Å². The van der Waals surface area contributed by atoms with Crippen LogP contribution in [0.5, 0.6) is 5.75 Å². The van der Waals surface area contributed by atoms with Gasteiger partial charge in [-0.05, 0) is 36.2 Å². The molecule has 0 radical (unpaired) electrons. The molecule has 0 saturated carbocycles. The van der Waals surface area contributed by atoms with Crippen LogP contribution >= 0.6 is 0 Å². The molecule has 2 aromatic rings. The number of anilines is 1. The number of pyridine rings is 1. The molecule has 1 N–H and O–H groups in total. The highest BCUT2D eigenvalue weighted by Crippen LogP contribution is 2.32. The zero-order chi connectivity index (χ0) is 18.9. The number of rotatable bonds is 5. The summed E-state index contributed by atoms with van der Waals surface area (Å²) in [4.78, 5) is 16.8. The SMILES string of the molecule is COc1ccc(CN2CN(CC(=O)O)c3ncc(C)cc3S2(=O)=O)cc1. The molecule has 1 aromatic heterocycles. The highest BCUT2D eigenvalue weighted by molar-refractivity contribution is 7.89. The Balaban J connectivity index is 1.98. The lowest BCUT2D eigenvalue weighted by Crippen LogP contribution is -2.48. The van der Waals surface area contributed by atoms with Crippen molar-refractivity contribution in [1.29, 1.82) is 0 Å². The summed E-state index contributed by atoms with van der Waals surface area (Å²) in [5.74, 6) is -0.209. The topological polar surface area (TPSA) is 100 Å². The number of aromatic nitrogens is 1. The molecule has 1 aromatic carbocycles. The van der Waals surface area contributed by atoms with Gasteiger partial charge in [0.05, 0.1) is 13.8 Å². The van der Waals surface area contributed by atoms with E-state index in [2.05, 4.69) is 4.98 Å². The Labute approximate surface area is 151 Å². The average molecular weight is 377 g/mol. The van der Waals surface area contributed by atoms with Crippen molar-refractivity contribution in [3.8, 4) is 5.75 Å². The number of hydrogen-bond acceptors (Lipinski definition) is 6. The Kier molecular flexibility index (Phi) is 4.84. The van der Waals surface area contributed by atoms with E-state index in [1.165, 1.54) is 21.5 Å². The van der Waals surface area contributed by atoms with Gasteiger partial charge in [0, 0.05) is 12.7 Å². The number of carbonyl (C=O) groups is 1. The number of sulfonamides is 1. The number of ether oxygens (including phenoxy) is 1. The number of fused-ring (bicyclic) bond motifs is 1. The molecule has 3 rings (SSSR count). The lowest BCUT2D eigenvalue weighted by molar-refractivity contribution is -0.135. The Hall–Kier alpha value is -2.65. The maximum Gasteiger partial charge on any atom is 0.323 e. The van der Waals surface area contributed by atoms with Gasteiger partial charge in [-0.1, -0.05) is 12.1 Å². The third-order valence-corrected chi connectivity index (χ3v) is 5.84. The zero-order valence-electron chi connectivity index (χ0n) is 14.4. The monoisotopic (exact) mass is 377 g/mol. The summed E-state index contributed by atoms with van der Waals surface area (Å²) in [5, 5.41) is 9.16. The van der Waals surface area contributed by atoms with Gasteiger partial charge < -0.3 is 14.7 Å². The van der Waals surface area contributed by atoms with Crippen LogP contribution in [0.1, 0.15) is 11.1 Å². The molecular weight excluding hydrogens is 358 g/mol. The van der Waals surface area contributed by atoms with Crippen molar-refractivity contribution in [3.05, 3.63) is 47.7 Å². The van der Waals surface area contributed by atoms with Crippen LogP contribution in [0.3, 0.4) is 0 Å². The van der Waals surface area contributed by atoms with E-state index in [0.717, 1.165) is 5.56 Å². The molecule has 0 aliphatic carbocycles. The summed E-state index contributed by atoms with van der Waals surface area (Å²) >= 11 is 0. The fraction of sp³-hybridized carbons (Fsp3) is 0.294. The summed E-state index contributed by atoms with van der Waals surface area (Å²) in [5.41, 5.74) is 1.46. The van der Waals surface area contributed by atoms with Gasteiger partial charge in [-0.25, -0.2) is 13.4 Å². The molecular formula is C17H19N3O5S. The van der Waals surface area contributed by atoms with Crippen LogP contribution < -0.4 is 9.64 Å². The minimum atomic E-state index is -3.78. The summed E-state index contributed by atoms with van der Waals surface area (Å²) < 4.78 is 32.4. The summed E-state index contributed by atoms with van der Waals surface area (Å²) in [7, 11) is -2.23. The first-order valence-electron chi connectivity index (χ1n) is 7.87. The molecule has 26 heavy (non-hydrogen) atoms. The van der Waals surface area contributed by atoms with Gasteiger partial charge >= 0.3 is 5.97 Å². The van der Waals surface area contributed by atoms with E-state index in [4.69, 9.17) is 9.84 Å². The van der Waals surface area contributed by atoms with Gasteiger partial charge in [-0.2, -0.15) is 4.31 Å². The summed E-state index contributed by atoms with van der Waals surface area (Å²) in [6, 6.07) is 8.58. The van der Waals surface area contributed by atoms with Crippen molar-refractivity contribution in [2.24, 2.45) is 0 Å². The number of nitrogens with zero attached hydrogens (tertiary/aromatic N) is 3. The second kappa shape index (κ2) is 6.93. The van der Waals surface area contributed by atoms with Gasteiger partial charge in [0.15, 0.2) is 0 Å². The van der Waals surface area contributed by atoms with E-state index in [1.54, 1.807) is 38.3 Å². The van der Waals surface area contributed by atoms with Crippen LogP contribution in [0.15, 0.2) is 41.4 Å². The van der Waals surface area contributed by atoms with Crippen LogP contribution in [0.4, 0.5) is 5.82 Å². The van der Waals surface area contributed by atoms with Crippen molar-refractivity contribution < 1.29 is 23.1 Å².